The molecule has 0 saturated heterocycles. The van der Waals surface area contributed by atoms with Crippen LogP contribution in [-0.4, -0.2) is 43.5 Å². The van der Waals surface area contributed by atoms with Gasteiger partial charge in [-0.1, -0.05) is 0 Å². The lowest BCUT2D eigenvalue weighted by Gasteiger charge is -2.16. The van der Waals surface area contributed by atoms with Crippen molar-refractivity contribution in [2.45, 2.75) is 32.2 Å². The van der Waals surface area contributed by atoms with Crippen molar-refractivity contribution < 1.29 is 23.1 Å². The van der Waals surface area contributed by atoms with Crippen LogP contribution in [0.15, 0.2) is 0 Å². The topological polar surface area (TPSA) is 101 Å². The summed E-state index contributed by atoms with van der Waals surface area (Å²) in [5.41, 5.74) is 0. The monoisotopic (exact) mass is 277 g/mol. The fraction of sp³-hybridized carbons (Fsp3) is 0.818. The number of carbonyl (C=O) groups excluding carboxylic acids is 1. The Morgan fingerprint density at radius 2 is 1.89 bits per heavy atom. The summed E-state index contributed by atoms with van der Waals surface area (Å²) in [6.45, 7) is 1.63. The molecule has 0 bridgehead atoms. The van der Waals surface area contributed by atoms with Crippen molar-refractivity contribution in [2.24, 2.45) is 11.8 Å². The maximum atomic E-state index is 11.8. The molecule has 2 N–H and O–H groups in total. The van der Waals surface area contributed by atoms with Crippen molar-refractivity contribution >= 4 is 21.7 Å². The normalized spacial score (nSPS) is 25.7. The molecule has 0 spiro atoms. The predicted octanol–water partition coefficient (Wildman–Crippen LogP) is 0.0366. The number of sulfone groups is 1. The Balaban J connectivity index is 2.45. The highest BCUT2D eigenvalue weighted by Crippen LogP contribution is 2.31. The van der Waals surface area contributed by atoms with E-state index in [1.807, 2.05) is 0 Å². The number of carboxylic acids is 1. The third kappa shape index (κ3) is 4.64. The van der Waals surface area contributed by atoms with Crippen LogP contribution < -0.4 is 5.32 Å². The maximum absolute atomic E-state index is 11.8. The largest absolute Gasteiger partial charge is 0.481 e. The van der Waals surface area contributed by atoms with Crippen molar-refractivity contribution in [1.82, 2.24) is 5.32 Å². The molecule has 7 heteroatoms. The second-order valence-electron chi connectivity index (χ2n) is 5.05. The molecule has 1 rings (SSSR count). The molecule has 1 fully saturated rings. The van der Waals surface area contributed by atoms with Crippen LogP contribution >= 0.6 is 0 Å². The van der Waals surface area contributed by atoms with E-state index in [1.165, 1.54) is 0 Å². The van der Waals surface area contributed by atoms with Gasteiger partial charge in [-0.25, -0.2) is 8.42 Å². The van der Waals surface area contributed by atoms with E-state index >= 15 is 0 Å². The van der Waals surface area contributed by atoms with Gasteiger partial charge >= 0.3 is 5.97 Å². The van der Waals surface area contributed by atoms with Crippen LogP contribution in [0.25, 0.3) is 0 Å². The van der Waals surface area contributed by atoms with Crippen LogP contribution in [0, 0.1) is 11.8 Å². The summed E-state index contributed by atoms with van der Waals surface area (Å²) in [4.78, 5) is 22.6. The average Bonchev–Trinajstić information content (AvgIpc) is 2.62. The average molecular weight is 277 g/mol. The van der Waals surface area contributed by atoms with Crippen molar-refractivity contribution in [2.75, 3.05) is 12.0 Å². The van der Waals surface area contributed by atoms with Gasteiger partial charge in [0.05, 0.1) is 11.7 Å². The third-order valence-corrected chi connectivity index (χ3v) is 4.20. The lowest BCUT2D eigenvalue weighted by atomic mass is 10.0. The Morgan fingerprint density at radius 1 is 1.33 bits per heavy atom. The first kappa shape index (κ1) is 14.9. The summed E-state index contributed by atoms with van der Waals surface area (Å²) in [5.74, 6) is -1.98. The van der Waals surface area contributed by atoms with Crippen LogP contribution in [-0.2, 0) is 19.4 Å². The van der Waals surface area contributed by atoms with E-state index in [0.717, 1.165) is 6.26 Å². The van der Waals surface area contributed by atoms with E-state index in [1.54, 1.807) is 6.92 Å². The molecule has 104 valence electrons. The molecule has 18 heavy (non-hydrogen) atoms. The number of rotatable bonds is 5. The number of hydrogen-bond donors (Lipinski definition) is 2. The van der Waals surface area contributed by atoms with Gasteiger partial charge in [-0.05, 0) is 26.2 Å². The Hall–Kier alpha value is -1.11. The van der Waals surface area contributed by atoms with Gasteiger partial charge in [-0.15, -0.1) is 0 Å². The molecular weight excluding hydrogens is 258 g/mol. The van der Waals surface area contributed by atoms with Gasteiger partial charge in [-0.2, -0.15) is 0 Å². The maximum Gasteiger partial charge on any atom is 0.306 e. The van der Waals surface area contributed by atoms with Crippen molar-refractivity contribution in [3.63, 3.8) is 0 Å². The van der Waals surface area contributed by atoms with E-state index < -0.39 is 27.8 Å². The zero-order chi connectivity index (χ0) is 13.9. The summed E-state index contributed by atoms with van der Waals surface area (Å²) in [6, 6.07) is -0.448. The lowest BCUT2D eigenvalue weighted by Crippen LogP contribution is -2.40. The summed E-state index contributed by atoms with van der Waals surface area (Å²) >= 11 is 0. The van der Waals surface area contributed by atoms with Gasteiger partial charge in [0.2, 0.25) is 5.91 Å². The Morgan fingerprint density at radius 3 is 2.33 bits per heavy atom. The number of nitrogens with one attached hydrogen (secondary N) is 1. The summed E-state index contributed by atoms with van der Waals surface area (Å²) in [6.07, 6.45) is 2.51. The van der Waals surface area contributed by atoms with E-state index in [4.69, 9.17) is 5.11 Å². The molecular formula is C11H19NO5S. The summed E-state index contributed by atoms with van der Waals surface area (Å²) in [5, 5.41) is 11.5. The molecule has 1 saturated carbocycles. The molecule has 0 aromatic carbocycles. The molecule has 6 nitrogen and oxygen atoms in total. The lowest BCUT2D eigenvalue weighted by molar-refractivity contribution is -0.141. The quantitative estimate of drug-likeness (QED) is 0.738. The van der Waals surface area contributed by atoms with Gasteiger partial charge in [0.25, 0.3) is 0 Å². The minimum atomic E-state index is -3.13. The smallest absolute Gasteiger partial charge is 0.306 e. The fourth-order valence-electron chi connectivity index (χ4n) is 2.30. The number of aliphatic carboxylic acids is 1. The molecule has 1 aliphatic carbocycles. The van der Waals surface area contributed by atoms with Crippen LogP contribution in [0.2, 0.25) is 0 Å². The number of hydrogen-bond acceptors (Lipinski definition) is 4. The standard InChI is InChI=1S/C11H19NO5S/c1-7(6-18(2,16)17)12-10(13)8-3-4-9(5-8)11(14)15/h7-9H,3-6H2,1-2H3,(H,12,13)(H,14,15)/t7?,8-,9+/m1/s1. The summed E-state index contributed by atoms with van der Waals surface area (Å²) < 4.78 is 22.1. The first-order valence-electron chi connectivity index (χ1n) is 5.90. The molecule has 0 aromatic rings. The Kier molecular flexibility index (Phi) is 4.72. The van der Waals surface area contributed by atoms with Gasteiger partial charge in [-0.3, -0.25) is 9.59 Å². The minimum absolute atomic E-state index is 0.103. The highest BCUT2D eigenvalue weighted by molar-refractivity contribution is 7.90. The molecule has 1 amide bonds. The van der Waals surface area contributed by atoms with Gasteiger partial charge in [0.15, 0.2) is 0 Å². The molecule has 0 aromatic heterocycles. The number of amides is 1. The van der Waals surface area contributed by atoms with Gasteiger partial charge < -0.3 is 10.4 Å². The second kappa shape index (κ2) is 5.69. The Labute approximate surface area is 107 Å². The van der Waals surface area contributed by atoms with E-state index in [-0.39, 0.29) is 17.6 Å². The van der Waals surface area contributed by atoms with Crippen LogP contribution in [0.1, 0.15) is 26.2 Å². The molecule has 1 unspecified atom stereocenters. The zero-order valence-electron chi connectivity index (χ0n) is 10.5. The van der Waals surface area contributed by atoms with Crippen molar-refractivity contribution in [3.8, 4) is 0 Å². The van der Waals surface area contributed by atoms with Gasteiger partial charge in [0.1, 0.15) is 9.84 Å². The van der Waals surface area contributed by atoms with E-state index in [0.29, 0.717) is 19.3 Å². The van der Waals surface area contributed by atoms with E-state index in [2.05, 4.69) is 5.32 Å². The van der Waals surface area contributed by atoms with Crippen LogP contribution in [0.5, 0.6) is 0 Å². The molecule has 0 radical (unpaired) electrons. The molecule has 0 aliphatic heterocycles. The first-order valence-corrected chi connectivity index (χ1v) is 7.96. The molecule has 0 heterocycles. The summed E-state index contributed by atoms with van der Waals surface area (Å²) in [7, 11) is -3.13. The minimum Gasteiger partial charge on any atom is -0.481 e. The first-order chi connectivity index (χ1) is 8.19. The fourth-order valence-corrected chi connectivity index (χ4v) is 3.29. The number of carbonyl (C=O) groups is 2. The Bertz CT molecular complexity index is 431. The SMILES string of the molecule is CC(CS(C)(=O)=O)NC(=O)[C@@H]1CC[C@H](C(=O)O)C1. The predicted molar refractivity (Wildman–Crippen MR) is 65.8 cm³/mol. The van der Waals surface area contributed by atoms with Gasteiger partial charge in [0, 0.05) is 18.2 Å². The number of carboxylic acid groups (broad SMARTS) is 1. The molecule has 3 atom stereocenters. The van der Waals surface area contributed by atoms with Crippen molar-refractivity contribution in [1.29, 1.82) is 0 Å². The van der Waals surface area contributed by atoms with Crippen LogP contribution in [0.3, 0.4) is 0 Å². The third-order valence-electron chi connectivity index (χ3n) is 3.09. The zero-order valence-corrected chi connectivity index (χ0v) is 11.4. The highest BCUT2D eigenvalue weighted by atomic mass is 32.2. The van der Waals surface area contributed by atoms with Crippen molar-refractivity contribution in [3.05, 3.63) is 0 Å². The highest BCUT2D eigenvalue weighted by Gasteiger charge is 2.34. The second-order valence-corrected chi connectivity index (χ2v) is 7.23. The van der Waals surface area contributed by atoms with E-state index in [9.17, 15) is 18.0 Å². The molecule has 1 aliphatic rings. The van der Waals surface area contributed by atoms with Crippen LogP contribution in [0.4, 0.5) is 0 Å².